The summed E-state index contributed by atoms with van der Waals surface area (Å²) in [7, 11) is 0. The number of hydrogen-bond donors (Lipinski definition) is 2. The summed E-state index contributed by atoms with van der Waals surface area (Å²) in [4.78, 5) is 14.2. The van der Waals surface area contributed by atoms with Crippen molar-refractivity contribution in [3.05, 3.63) is 35.6 Å². The van der Waals surface area contributed by atoms with Gasteiger partial charge >= 0.3 is 0 Å². The van der Waals surface area contributed by atoms with Crippen LogP contribution in [0.3, 0.4) is 0 Å². The molecule has 1 atom stereocenters. The van der Waals surface area contributed by atoms with E-state index in [4.69, 9.17) is 5.73 Å². The molecule has 0 radical (unpaired) electrons. The van der Waals surface area contributed by atoms with Crippen LogP contribution in [-0.4, -0.2) is 37.0 Å². The van der Waals surface area contributed by atoms with Gasteiger partial charge in [-0.1, -0.05) is 19.1 Å². The summed E-state index contributed by atoms with van der Waals surface area (Å²) in [5.74, 6) is -0.755. The van der Waals surface area contributed by atoms with Crippen molar-refractivity contribution in [2.24, 2.45) is 5.73 Å². The summed E-state index contributed by atoms with van der Waals surface area (Å²) in [6, 6.07) is 6.19. The Morgan fingerprint density at radius 1 is 1.47 bits per heavy atom. The van der Waals surface area contributed by atoms with E-state index in [1.54, 1.807) is 12.1 Å². The molecule has 1 saturated heterocycles. The average Bonchev–Trinajstić information content (AvgIpc) is 2.41. The van der Waals surface area contributed by atoms with Crippen molar-refractivity contribution in [2.75, 3.05) is 26.2 Å². The van der Waals surface area contributed by atoms with Crippen LogP contribution in [-0.2, 0) is 10.3 Å². The van der Waals surface area contributed by atoms with Gasteiger partial charge in [-0.25, -0.2) is 4.39 Å². The second-order valence-corrected chi connectivity index (χ2v) is 4.83. The van der Waals surface area contributed by atoms with Crippen LogP contribution in [0.5, 0.6) is 0 Å². The summed E-state index contributed by atoms with van der Waals surface area (Å²) >= 11 is 0. The van der Waals surface area contributed by atoms with Gasteiger partial charge < -0.3 is 11.1 Å². The SMILES string of the molecule is CCC(C(N)=O)(c1cccc(F)c1)N1CCNCC1. The highest BCUT2D eigenvalue weighted by Gasteiger charge is 2.43. The van der Waals surface area contributed by atoms with Gasteiger partial charge in [0.1, 0.15) is 11.4 Å². The summed E-state index contributed by atoms with van der Waals surface area (Å²) in [6.45, 7) is 4.99. The van der Waals surface area contributed by atoms with Gasteiger partial charge in [0.25, 0.3) is 0 Å². The van der Waals surface area contributed by atoms with E-state index in [-0.39, 0.29) is 5.82 Å². The largest absolute Gasteiger partial charge is 0.368 e. The van der Waals surface area contributed by atoms with Gasteiger partial charge in [-0.3, -0.25) is 9.69 Å². The van der Waals surface area contributed by atoms with Crippen LogP contribution in [0.25, 0.3) is 0 Å². The number of nitrogens with one attached hydrogen (secondary N) is 1. The predicted molar refractivity (Wildman–Crippen MR) is 72.0 cm³/mol. The number of nitrogens with zero attached hydrogens (tertiary/aromatic N) is 1. The van der Waals surface area contributed by atoms with E-state index >= 15 is 0 Å². The number of hydrogen-bond acceptors (Lipinski definition) is 3. The maximum atomic E-state index is 13.5. The molecule has 0 bridgehead atoms. The quantitative estimate of drug-likeness (QED) is 0.847. The molecule has 1 fully saturated rings. The minimum absolute atomic E-state index is 0.341. The van der Waals surface area contributed by atoms with E-state index in [9.17, 15) is 9.18 Å². The second kappa shape index (κ2) is 5.67. The van der Waals surface area contributed by atoms with Gasteiger partial charge in [-0.2, -0.15) is 0 Å². The molecule has 1 aliphatic heterocycles. The molecule has 2 rings (SSSR count). The number of carbonyl (C=O) groups excluding carboxylic acids is 1. The van der Waals surface area contributed by atoms with Crippen molar-refractivity contribution in [3.63, 3.8) is 0 Å². The summed E-state index contributed by atoms with van der Waals surface area (Å²) in [5.41, 5.74) is 5.40. The fourth-order valence-electron chi connectivity index (χ4n) is 2.87. The van der Waals surface area contributed by atoms with Crippen molar-refractivity contribution in [1.82, 2.24) is 10.2 Å². The Kier molecular flexibility index (Phi) is 4.17. The molecule has 5 heteroatoms. The van der Waals surface area contributed by atoms with Gasteiger partial charge in [-0.15, -0.1) is 0 Å². The molecule has 1 aromatic carbocycles. The lowest BCUT2D eigenvalue weighted by Crippen LogP contribution is -2.59. The van der Waals surface area contributed by atoms with Crippen molar-refractivity contribution < 1.29 is 9.18 Å². The lowest BCUT2D eigenvalue weighted by Gasteiger charge is -2.43. The highest BCUT2D eigenvalue weighted by atomic mass is 19.1. The monoisotopic (exact) mass is 265 g/mol. The van der Waals surface area contributed by atoms with Gasteiger partial charge in [0.15, 0.2) is 0 Å². The zero-order valence-electron chi connectivity index (χ0n) is 11.2. The molecule has 0 spiro atoms. The number of rotatable bonds is 4. The normalized spacial score (nSPS) is 19.9. The first-order chi connectivity index (χ1) is 9.11. The predicted octanol–water partition coefficient (Wildman–Crippen LogP) is 0.822. The first-order valence-corrected chi connectivity index (χ1v) is 6.63. The second-order valence-electron chi connectivity index (χ2n) is 4.83. The van der Waals surface area contributed by atoms with Gasteiger partial charge in [0.05, 0.1) is 0 Å². The number of halogens is 1. The Morgan fingerprint density at radius 2 is 2.16 bits per heavy atom. The Hall–Kier alpha value is -1.46. The number of carbonyl (C=O) groups is 1. The smallest absolute Gasteiger partial charge is 0.242 e. The highest BCUT2D eigenvalue weighted by molar-refractivity contribution is 5.86. The van der Waals surface area contributed by atoms with Crippen LogP contribution in [0.1, 0.15) is 18.9 Å². The summed E-state index contributed by atoms with van der Waals surface area (Å²) in [6.07, 6.45) is 0.534. The number of nitrogens with two attached hydrogens (primary N) is 1. The Labute approximate surface area is 112 Å². The third-order valence-electron chi connectivity index (χ3n) is 3.88. The van der Waals surface area contributed by atoms with Crippen LogP contribution in [0.15, 0.2) is 24.3 Å². The average molecular weight is 265 g/mol. The number of benzene rings is 1. The van der Waals surface area contributed by atoms with Crippen LogP contribution in [0, 0.1) is 5.82 Å². The first kappa shape index (κ1) is 14.0. The molecule has 104 valence electrons. The Bertz CT molecular complexity index is 460. The van der Waals surface area contributed by atoms with Crippen LogP contribution >= 0.6 is 0 Å². The Balaban J connectivity index is 2.46. The van der Waals surface area contributed by atoms with Crippen LogP contribution < -0.4 is 11.1 Å². The zero-order valence-corrected chi connectivity index (χ0v) is 11.2. The number of amides is 1. The molecular formula is C14H20FN3O. The molecule has 3 N–H and O–H groups in total. The fourth-order valence-corrected chi connectivity index (χ4v) is 2.87. The van der Waals surface area contributed by atoms with Crippen molar-refractivity contribution in [1.29, 1.82) is 0 Å². The zero-order chi connectivity index (χ0) is 13.9. The van der Waals surface area contributed by atoms with Crippen molar-refractivity contribution in [3.8, 4) is 0 Å². The van der Waals surface area contributed by atoms with Crippen molar-refractivity contribution in [2.45, 2.75) is 18.9 Å². The van der Waals surface area contributed by atoms with Crippen molar-refractivity contribution >= 4 is 5.91 Å². The number of piperazine rings is 1. The highest BCUT2D eigenvalue weighted by Crippen LogP contribution is 2.32. The van der Waals surface area contributed by atoms with E-state index in [0.717, 1.165) is 26.2 Å². The van der Waals surface area contributed by atoms with E-state index in [2.05, 4.69) is 10.2 Å². The van der Waals surface area contributed by atoms with E-state index < -0.39 is 11.4 Å². The maximum absolute atomic E-state index is 13.5. The van der Waals surface area contributed by atoms with Gasteiger partial charge in [0.2, 0.25) is 5.91 Å². The minimum atomic E-state index is -0.912. The molecule has 19 heavy (non-hydrogen) atoms. The van der Waals surface area contributed by atoms with Crippen LogP contribution in [0.2, 0.25) is 0 Å². The standard InChI is InChI=1S/C14H20FN3O/c1-2-14(13(16)19,18-8-6-17-7-9-18)11-4-3-5-12(15)10-11/h3-5,10,17H,2,6-9H2,1H3,(H2,16,19). The lowest BCUT2D eigenvalue weighted by molar-refractivity contribution is -0.132. The van der Waals surface area contributed by atoms with Crippen LogP contribution in [0.4, 0.5) is 4.39 Å². The minimum Gasteiger partial charge on any atom is -0.368 e. The molecule has 1 aromatic rings. The van der Waals surface area contributed by atoms with E-state index in [0.29, 0.717) is 12.0 Å². The number of primary amides is 1. The molecule has 1 amide bonds. The molecule has 0 aliphatic carbocycles. The fraction of sp³-hybridized carbons (Fsp3) is 0.500. The molecule has 0 saturated carbocycles. The molecule has 1 aliphatic rings. The summed E-state index contributed by atoms with van der Waals surface area (Å²) < 4.78 is 13.5. The van der Waals surface area contributed by atoms with E-state index in [1.807, 2.05) is 6.92 Å². The van der Waals surface area contributed by atoms with E-state index in [1.165, 1.54) is 12.1 Å². The topological polar surface area (TPSA) is 58.4 Å². The molecule has 4 nitrogen and oxygen atoms in total. The third kappa shape index (κ3) is 2.48. The third-order valence-corrected chi connectivity index (χ3v) is 3.88. The first-order valence-electron chi connectivity index (χ1n) is 6.63. The maximum Gasteiger partial charge on any atom is 0.242 e. The summed E-state index contributed by atoms with van der Waals surface area (Å²) in [5, 5.41) is 3.24. The Morgan fingerprint density at radius 3 is 2.68 bits per heavy atom. The van der Waals surface area contributed by atoms with Gasteiger partial charge in [-0.05, 0) is 24.1 Å². The molecule has 1 unspecified atom stereocenters. The lowest BCUT2D eigenvalue weighted by atomic mass is 9.84. The molecular weight excluding hydrogens is 245 g/mol. The molecule has 0 aromatic heterocycles. The molecule has 1 heterocycles. The van der Waals surface area contributed by atoms with Gasteiger partial charge in [0, 0.05) is 26.2 Å².